The van der Waals surface area contributed by atoms with Gasteiger partial charge in [-0.25, -0.2) is 9.59 Å². The predicted octanol–water partition coefficient (Wildman–Crippen LogP) is 2.63. The van der Waals surface area contributed by atoms with E-state index in [-0.39, 0.29) is 23.7 Å². The van der Waals surface area contributed by atoms with Gasteiger partial charge in [0.1, 0.15) is 18.0 Å². The van der Waals surface area contributed by atoms with Gasteiger partial charge >= 0.3 is 11.9 Å². The molecule has 0 aromatic heterocycles. The highest BCUT2D eigenvalue weighted by Crippen LogP contribution is 2.44. The van der Waals surface area contributed by atoms with Crippen molar-refractivity contribution >= 4 is 17.7 Å². The van der Waals surface area contributed by atoms with E-state index in [1.54, 1.807) is 26.8 Å². The molecule has 3 aliphatic rings. The smallest absolute Gasteiger partial charge is 0.334 e. The van der Waals surface area contributed by atoms with Crippen LogP contribution >= 0.6 is 0 Å². The van der Waals surface area contributed by atoms with Crippen molar-refractivity contribution in [2.45, 2.75) is 58.3 Å². The summed E-state index contributed by atoms with van der Waals surface area (Å²) in [5, 5.41) is 0. The van der Waals surface area contributed by atoms with Crippen molar-refractivity contribution in [3.63, 3.8) is 0 Å². The molecular weight excluding hydrogens is 336 g/mol. The molecule has 140 valence electrons. The molecule has 2 saturated heterocycles. The molecule has 26 heavy (non-hydrogen) atoms. The van der Waals surface area contributed by atoms with E-state index in [0.717, 1.165) is 0 Å². The molecule has 0 radical (unpaired) electrons. The van der Waals surface area contributed by atoms with Crippen LogP contribution in [-0.4, -0.2) is 35.5 Å². The number of hydrogen-bond donors (Lipinski definition) is 0. The number of rotatable bonds is 2. The lowest BCUT2D eigenvalue weighted by Gasteiger charge is -2.31. The third-order valence-electron chi connectivity index (χ3n) is 5.54. The molecule has 0 amide bonds. The number of carbonyl (C=O) groups excluding carboxylic acids is 3. The van der Waals surface area contributed by atoms with Crippen LogP contribution in [0.3, 0.4) is 0 Å². The quantitative estimate of drug-likeness (QED) is 0.556. The van der Waals surface area contributed by atoms with E-state index in [9.17, 15) is 14.4 Å². The SMILES string of the molecule is C=C1C(=O)OC2CC(C)C3=CC(=O)C(C)(CC(OC(=O)C(C)=CC)C12)O3. The second kappa shape index (κ2) is 6.41. The lowest BCUT2D eigenvalue weighted by Crippen LogP contribution is -2.43. The summed E-state index contributed by atoms with van der Waals surface area (Å²) < 4.78 is 17.2. The van der Waals surface area contributed by atoms with Gasteiger partial charge in [0.25, 0.3) is 0 Å². The topological polar surface area (TPSA) is 78.9 Å². The largest absolute Gasteiger partial charge is 0.483 e. The molecule has 0 spiro atoms. The summed E-state index contributed by atoms with van der Waals surface area (Å²) >= 11 is 0. The Kier molecular flexibility index (Phi) is 4.54. The average Bonchev–Trinajstić information content (AvgIpc) is 3.03. The minimum atomic E-state index is -1.13. The zero-order valence-electron chi connectivity index (χ0n) is 15.5. The second-order valence-electron chi connectivity index (χ2n) is 7.49. The maximum absolute atomic E-state index is 12.5. The zero-order valence-corrected chi connectivity index (χ0v) is 15.5. The molecule has 2 fully saturated rings. The summed E-state index contributed by atoms with van der Waals surface area (Å²) in [5.41, 5.74) is -0.395. The molecule has 3 aliphatic heterocycles. The number of ether oxygens (including phenoxy) is 3. The number of fused-ring (bicyclic) bond motifs is 3. The highest BCUT2D eigenvalue weighted by molar-refractivity contribution is 5.99. The van der Waals surface area contributed by atoms with Crippen molar-refractivity contribution in [1.82, 2.24) is 0 Å². The summed E-state index contributed by atoms with van der Waals surface area (Å²) in [6.07, 6.45) is 2.57. The Labute approximate surface area is 152 Å². The lowest BCUT2D eigenvalue weighted by atomic mass is 9.80. The molecule has 2 bridgehead atoms. The van der Waals surface area contributed by atoms with Crippen molar-refractivity contribution in [1.29, 1.82) is 0 Å². The zero-order chi connectivity index (χ0) is 19.2. The van der Waals surface area contributed by atoms with Gasteiger partial charge < -0.3 is 14.2 Å². The molecule has 0 aromatic carbocycles. The number of hydrogen-bond acceptors (Lipinski definition) is 6. The van der Waals surface area contributed by atoms with Crippen LogP contribution in [0.25, 0.3) is 0 Å². The van der Waals surface area contributed by atoms with Crippen LogP contribution in [0.4, 0.5) is 0 Å². The van der Waals surface area contributed by atoms with Gasteiger partial charge in [-0.2, -0.15) is 0 Å². The first-order chi connectivity index (χ1) is 12.2. The molecule has 0 saturated carbocycles. The molecule has 5 unspecified atom stereocenters. The van der Waals surface area contributed by atoms with E-state index in [1.807, 2.05) is 6.92 Å². The van der Waals surface area contributed by atoms with Gasteiger partial charge in [0, 0.05) is 29.6 Å². The Balaban J connectivity index is 2.00. The minimum absolute atomic E-state index is 0.0984. The van der Waals surface area contributed by atoms with Crippen LogP contribution in [0, 0.1) is 11.8 Å². The van der Waals surface area contributed by atoms with Gasteiger partial charge in [0.15, 0.2) is 5.60 Å². The summed E-state index contributed by atoms with van der Waals surface area (Å²) in [6.45, 7) is 10.9. The lowest BCUT2D eigenvalue weighted by molar-refractivity contribution is -0.153. The van der Waals surface area contributed by atoms with Crippen LogP contribution in [0.5, 0.6) is 0 Å². The average molecular weight is 360 g/mol. The van der Waals surface area contributed by atoms with Crippen molar-refractivity contribution in [2.75, 3.05) is 0 Å². The van der Waals surface area contributed by atoms with E-state index in [2.05, 4.69) is 6.58 Å². The first-order valence-corrected chi connectivity index (χ1v) is 8.85. The number of carbonyl (C=O) groups is 3. The van der Waals surface area contributed by atoms with E-state index in [4.69, 9.17) is 14.2 Å². The summed E-state index contributed by atoms with van der Waals surface area (Å²) in [4.78, 5) is 37.0. The molecule has 6 heteroatoms. The minimum Gasteiger partial charge on any atom is -0.483 e. The fraction of sp³-hybridized carbons (Fsp3) is 0.550. The van der Waals surface area contributed by atoms with E-state index < -0.39 is 35.7 Å². The molecule has 0 aromatic rings. The van der Waals surface area contributed by atoms with Crippen molar-refractivity contribution in [3.8, 4) is 0 Å². The fourth-order valence-corrected chi connectivity index (χ4v) is 3.75. The van der Waals surface area contributed by atoms with Crippen LogP contribution in [-0.2, 0) is 28.6 Å². The van der Waals surface area contributed by atoms with Gasteiger partial charge in [-0.1, -0.05) is 19.6 Å². The summed E-state index contributed by atoms with van der Waals surface area (Å²) in [7, 11) is 0. The Bertz CT molecular complexity index is 745. The van der Waals surface area contributed by atoms with Crippen LogP contribution in [0.1, 0.15) is 40.5 Å². The van der Waals surface area contributed by atoms with E-state index >= 15 is 0 Å². The predicted molar refractivity (Wildman–Crippen MR) is 92.8 cm³/mol. The highest BCUT2D eigenvalue weighted by Gasteiger charge is 2.53. The highest BCUT2D eigenvalue weighted by atomic mass is 16.6. The maximum atomic E-state index is 12.5. The molecule has 0 N–H and O–H groups in total. The number of allylic oxidation sites excluding steroid dienone is 2. The third kappa shape index (κ3) is 2.97. The van der Waals surface area contributed by atoms with Gasteiger partial charge in [-0.3, -0.25) is 4.79 Å². The van der Waals surface area contributed by atoms with Crippen LogP contribution in [0.2, 0.25) is 0 Å². The van der Waals surface area contributed by atoms with Gasteiger partial charge in [0.05, 0.1) is 5.92 Å². The Morgan fingerprint density at radius 1 is 1.42 bits per heavy atom. The Morgan fingerprint density at radius 3 is 2.77 bits per heavy atom. The van der Waals surface area contributed by atoms with Crippen LogP contribution in [0.15, 0.2) is 35.6 Å². The van der Waals surface area contributed by atoms with E-state index in [1.165, 1.54) is 6.08 Å². The maximum Gasteiger partial charge on any atom is 0.334 e. The molecule has 5 atom stereocenters. The molecule has 3 rings (SSSR count). The summed E-state index contributed by atoms with van der Waals surface area (Å²) in [6, 6.07) is 0. The Hall–Kier alpha value is -2.37. The van der Waals surface area contributed by atoms with Gasteiger partial charge in [-0.05, 0) is 27.2 Å². The first kappa shape index (κ1) is 18.4. The van der Waals surface area contributed by atoms with Crippen molar-refractivity contribution in [2.24, 2.45) is 11.8 Å². The monoisotopic (exact) mass is 360 g/mol. The van der Waals surface area contributed by atoms with Crippen molar-refractivity contribution < 1.29 is 28.6 Å². The van der Waals surface area contributed by atoms with E-state index in [0.29, 0.717) is 17.8 Å². The number of esters is 2. The van der Waals surface area contributed by atoms with Gasteiger partial charge in [0.2, 0.25) is 5.78 Å². The van der Waals surface area contributed by atoms with Crippen molar-refractivity contribution in [3.05, 3.63) is 35.6 Å². The molecule has 6 nitrogen and oxygen atoms in total. The number of ketones is 1. The fourth-order valence-electron chi connectivity index (χ4n) is 3.75. The standard InChI is InChI=1S/C20H24O6/c1-6-10(2)18(22)25-15-9-20(5)16(21)8-13(26-20)11(3)7-14-17(15)12(4)19(23)24-14/h6,8,11,14-15,17H,4,7,9H2,1-3,5H3. The van der Waals surface area contributed by atoms with Crippen LogP contribution < -0.4 is 0 Å². The van der Waals surface area contributed by atoms with Gasteiger partial charge in [-0.15, -0.1) is 0 Å². The molecule has 0 aliphatic carbocycles. The first-order valence-electron chi connectivity index (χ1n) is 8.85. The molecule has 3 heterocycles. The normalized spacial score (nSPS) is 37.0. The molecular formula is C20H24O6. The third-order valence-corrected chi connectivity index (χ3v) is 5.54. The Morgan fingerprint density at radius 2 is 2.12 bits per heavy atom. The second-order valence-corrected chi connectivity index (χ2v) is 7.49. The summed E-state index contributed by atoms with van der Waals surface area (Å²) in [5.74, 6) is -1.13.